The third-order valence-electron chi connectivity index (χ3n) is 1.80. The van der Waals surface area contributed by atoms with Gasteiger partial charge in [0.2, 0.25) is 0 Å². The van der Waals surface area contributed by atoms with E-state index >= 15 is 0 Å². The first kappa shape index (κ1) is 12.8. The molecule has 2 N–H and O–H groups in total. The Morgan fingerprint density at radius 2 is 2.31 bits per heavy atom. The first-order valence-corrected chi connectivity index (χ1v) is 6.38. The van der Waals surface area contributed by atoms with Gasteiger partial charge in [-0.15, -0.1) is 0 Å². The van der Waals surface area contributed by atoms with E-state index in [0.29, 0.717) is 17.2 Å². The number of nitriles is 1. The van der Waals surface area contributed by atoms with Crippen LogP contribution < -0.4 is 5.73 Å². The van der Waals surface area contributed by atoms with E-state index in [-0.39, 0.29) is 0 Å². The van der Waals surface area contributed by atoms with Crippen molar-refractivity contribution >= 4 is 10.8 Å². The Bertz CT molecular complexity index is 432. The van der Waals surface area contributed by atoms with E-state index in [1.54, 1.807) is 18.3 Å². The van der Waals surface area contributed by atoms with Crippen molar-refractivity contribution in [3.63, 3.8) is 0 Å². The molecule has 16 heavy (non-hydrogen) atoms. The van der Waals surface area contributed by atoms with Gasteiger partial charge in [-0.05, 0) is 31.5 Å². The van der Waals surface area contributed by atoms with Gasteiger partial charge in [-0.3, -0.25) is 4.21 Å². The Morgan fingerprint density at radius 1 is 1.62 bits per heavy atom. The highest BCUT2D eigenvalue weighted by Crippen LogP contribution is 2.08. The van der Waals surface area contributed by atoms with E-state index in [0.717, 1.165) is 5.56 Å². The Labute approximate surface area is 97.9 Å². The minimum atomic E-state index is -1.01. The second kappa shape index (κ2) is 5.19. The smallest absolute Gasteiger partial charge is 0.140 e. The van der Waals surface area contributed by atoms with Crippen molar-refractivity contribution in [2.24, 2.45) is 5.73 Å². The van der Waals surface area contributed by atoms with Gasteiger partial charge in [0.25, 0.3) is 0 Å². The highest BCUT2D eigenvalue weighted by molar-refractivity contribution is 7.84. The van der Waals surface area contributed by atoms with Crippen molar-refractivity contribution in [3.05, 3.63) is 29.6 Å². The van der Waals surface area contributed by atoms with E-state index in [2.05, 4.69) is 4.98 Å². The molecule has 4 nitrogen and oxygen atoms in total. The van der Waals surface area contributed by atoms with Crippen LogP contribution >= 0.6 is 0 Å². The molecule has 0 aliphatic rings. The molecule has 5 heteroatoms. The summed E-state index contributed by atoms with van der Waals surface area (Å²) in [5.41, 5.74) is 6.56. The van der Waals surface area contributed by atoms with Crippen molar-refractivity contribution in [2.45, 2.75) is 25.1 Å². The summed E-state index contributed by atoms with van der Waals surface area (Å²) in [4.78, 5) is 3.85. The van der Waals surface area contributed by atoms with Crippen molar-refractivity contribution in [1.29, 1.82) is 5.26 Å². The molecule has 0 aliphatic heterocycles. The molecule has 1 unspecified atom stereocenters. The molecule has 0 saturated heterocycles. The summed E-state index contributed by atoms with van der Waals surface area (Å²) in [6, 6.07) is 5.37. The summed E-state index contributed by atoms with van der Waals surface area (Å²) in [5, 5.41) is 8.67. The normalized spacial score (nSPS) is 13.1. The number of nitrogens with two attached hydrogens (primary N) is 1. The van der Waals surface area contributed by atoms with E-state index in [4.69, 9.17) is 11.0 Å². The molecule has 1 aromatic rings. The van der Waals surface area contributed by atoms with Crippen LogP contribution in [0.15, 0.2) is 18.3 Å². The topological polar surface area (TPSA) is 79.8 Å². The Kier molecular flexibility index (Phi) is 4.16. The molecule has 1 aromatic heterocycles. The maximum Gasteiger partial charge on any atom is 0.140 e. The fraction of sp³-hybridized carbons (Fsp3) is 0.455. The minimum absolute atomic E-state index is 0.349. The average molecular weight is 237 g/mol. The summed E-state index contributed by atoms with van der Waals surface area (Å²) in [5.74, 6) is 0.856. The number of pyridine rings is 1. The lowest BCUT2D eigenvalue weighted by Gasteiger charge is -2.17. The van der Waals surface area contributed by atoms with Crippen LogP contribution in [0.3, 0.4) is 0 Å². The summed E-state index contributed by atoms with van der Waals surface area (Å²) in [7, 11) is -1.01. The summed E-state index contributed by atoms with van der Waals surface area (Å²) >= 11 is 0. The molecular formula is C11H15N3OS. The maximum atomic E-state index is 11.8. The molecule has 0 amide bonds. The molecule has 86 valence electrons. The van der Waals surface area contributed by atoms with Gasteiger partial charge < -0.3 is 5.73 Å². The van der Waals surface area contributed by atoms with Crippen molar-refractivity contribution in [2.75, 3.05) is 5.75 Å². The predicted molar refractivity (Wildman–Crippen MR) is 63.9 cm³/mol. The van der Waals surface area contributed by atoms with Gasteiger partial charge in [0.05, 0.1) is 0 Å². The summed E-state index contributed by atoms with van der Waals surface area (Å²) in [6.07, 6.45) is 1.55. The van der Waals surface area contributed by atoms with Gasteiger partial charge in [0.1, 0.15) is 11.8 Å². The zero-order valence-electron chi connectivity index (χ0n) is 9.43. The van der Waals surface area contributed by atoms with Gasteiger partial charge >= 0.3 is 0 Å². The van der Waals surface area contributed by atoms with Crippen molar-refractivity contribution in [1.82, 2.24) is 4.98 Å². The molecule has 1 heterocycles. The van der Waals surface area contributed by atoms with E-state index in [1.165, 1.54) is 0 Å². The third kappa shape index (κ3) is 4.51. The fourth-order valence-corrected chi connectivity index (χ4v) is 2.76. The number of hydrogen-bond donors (Lipinski definition) is 1. The predicted octanol–water partition coefficient (Wildman–Crippen LogP) is 0.939. The SMILES string of the molecule is CC(C)(N)CS(=O)Cc1ccnc(C#N)c1. The average Bonchev–Trinajstić information content (AvgIpc) is 2.15. The largest absolute Gasteiger partial charge is 0.325 e. The summed E-state index contributed by atoms with van der Waals surface area (Å²) in [6.45, 7) is 3.69. The molecule has 0 bridgehead atoms. The standard InChI is InChI=1S/C11H15N3OS/c1-11(2,13)8-16(15)7-9-3-4-14-10(5-9)6-12/h3-5H,7-8,13H2,1-2H3. The number of hydrogen-bond acceptors (Lipinski definition) is 4. The second-order valence-corrected chi connectivity index (χ2v) is 5.84. The highest BCUT2D eigenvalue weighted by Gasteiger charge is 2.15. The molecule has 0 fully saturated rings. The van der Waals surface area contributed by atoms with Crippen LogP contribution in [0.1, 0.15) is 25.1 Å². The van der Waals surface area contributed by atoms with Crippen molar-refractivity contribution < 1.29 is 4.21 Å². The van der Waals surface area contributed by atoms with E-state index < -0.39 is 16.3 Å². The van der Waals surface area contributed by atoms with Crippen LogP contribution in [0.5, 0.6) is 0 Å². The first-order chi connectivity index (χ1) is 7.40. The van der Waals surface area contributed by atoms with E-state index in [9.17, 15) is 4.21 Å². The van der Waals surface area contributed by atoms with Crippen LogP contribution in [0.2, 0.25) is 0 Å². The fourth-order valence-electron chi connectivity index (χ4n) is 1.28. The molecule has 0 aromatic carbocycles. The monoisotopic (exact) mass is 237 g/mol. The van der Waals surface area contributed by atoms with Crippen LogP contribution in [0.25, 0.3) is 0 Å². The lowest BCUT2D eigenvalue weighted by Crippen LogP contribution is -2.38. The van der Waals surface area contributed by atoms with Gasteiger partial charge in [0.15, 0.2) is 0 Å². The Hall–Kier alpha value is -1.25. The highest BCUT2D eigenvalue weighted by atomic mass is 32.2. The third-order valence-corrected chi connectivity index (χ3v) is 3.52. The Morgan fingerprint density at radius 3 is 2.88 bits per heavy atom. The molecular weight excluding hydrogens is 222 g/mol. The molecule has 0 spiro atoms. The van der Waals surface area contributed by atoms with Gasteiger partial charge in [0, 0.05) is 34.0 Å². The van der Waals surface area contributed by atoms with E-state index in [1.807, 2.05) is 19.9 Å². The molecule has 1 atom stereocenters. The quantitative estimate of drug-likeness (QED) is 0.845. The van der Waals surface area contributed by atoms with Crippen molar-refractivity contribution in [3.8, 4) is 6.07 Å². The number of aromatic nitrogens is 1. The lowest BCUT2D eigenvalue weighted by molar-refractivity contribution is 0.577. The minimum Gasteiger partial charge on any atom is -0.325 e. The maximum absolute atomic E-state index is 11.8. The Balaban J connectivity index is 2.67. The van der Waals surface area contributed by atoms with Crippen LogP contribution in [-0.2, 0) is 16.6 Å². The zero-order chi connectivity index (χ0) is 12.2. The number of rotatable bonds is 4. The second-order valence-electron chi connectivity index (χ2n) is 4.38. The molecule has 0 saturated carbocycles. The van der Waals surface area contributed by atoms with Crippen LogP contribution in [-0.4, -0.2) is 20.5 Å². The number of nitrogens with zero attached hydrogens (tertiary/aromatic N) is 2. The van der Waals surface area contributed by atoms with Crippen LogP contribution in [0, 0.1) is 11.3 Å². The molecule has 1 rings (SSSR count). The molecule has 0 aliphatic carbocycles. The van der Waals surface area contributed by atoms with Crippen LogP contribution in [0.4, 0.5) is 0 Å². The van der Waals surface area contributed by atoms with Gasteiger partial charge in [-0.25, -0.2) is 4.98 Å². The van der Waals surface area contributed by atoms with Gasteiger partial charge in [-0.2, -0.15) is 5.26 Å². The molecule has 0 radical (unpaired) electrons. The summed E-state index contributed by atoms with van der Waals surface area (Å²) < 4.78 is 11.8. The van der Waals surface area contributed by atoms with Gasteiger partial charge in [-0.1, -0.05) is 0 Å². The first-order valence-electron chi connectivity index (χ1n) is 4.89. The zero-order valence-corrected chi connectivity index (χ0v) is 10.3. The lowest BCUT2D eigenvalue weighted by atomic mass is 10.1.